The Morgan fingerprint density at radius 1 is 1.62 bits per heavy atom. The Kier molecular flexibility index (Phi) is 4.50. The Balaban J connectivity index is 2.36. The van der Waals surface area contributed by atoms with Crippen LogP contribution >= 0.6 is 11.6 Å². The molecule has 3 heteroatoms. The lowest BCUT2D eigenvalue weighted by Crippen LogP contribution is -2.48. The lowest BCUT2D eigenvalue weighted by atomic mass is 9.94. The summed E-state index contributed by atoms with van der Waals surface area (Å²) in [6, 6.07) is 0.535. The summed E-state index contributed by atoms with van der Waals surface area (Å²) in [5.74, 6) is 0.727. The molecule has 2 unspecified atom stereocenters. The van der Waals surface area contributed by atoms with Crippen molar-refractivity contribution in [2.75, 3.05) is 19.1 Å². The summed E-state index contributed by atoms with van der Waals surface area (Å²) in [5.41, 5.74) is 0.195. The van der Waals surface area contributed by atoms with Gasteiger partial charge in [0.05, 0.1) is 6.61 Å². The average Bonchev–Trinajstić information content (AvgIpc) is 2.57. The van der Waals surface area contributed by atoms with E-state index < -0.39 is 0 Å². The van der Waals surface area contributed by atoms with E-state index in [1.165, 1.54) is 0 Å². The molecular weight excluding hydrogens is 186 g/mol. The molecule has 1 N–H and O–H groups in total. The van der Waals surface area contributed by atoms with Gasteiger partial charge in [-0.25, -0.2) is 0 Å². The first-order valence-electron chi connectivity index (χ1n) is 5.11. The number of hydrogen-bond acceptors (Lipinski definition) is 2. The van der Waals surface area contributed by atoms with Gasteiger partial charge in [-0.05, 0) is 26.2 Å². The van der Waals surface area contributed by atoms with E-state index in [0.717, 1.165) is 38.4 Å². The van der Waals surface area contributed by atoms with Crippen LogP contribution in [0.3, 0.4) is 0 Å². The highest BCUT2D eigenvalue weighted by Crippen LogP contribution is 2.18. The second-order valence-corrected chi connectivity index (χ2v) is 4.44. The molecule has 0 spiro atoms. The van der Waals surface area contributed by atoms with Crippen LogP contribution in [-0.2, 0) is 4.74 Å². The van der Waals surface area contributed by atoms with Crippen molar-refractivity contribution in [1.82, 2.24) is 5.32 Å². The van der Waals surface area contributed by atoms with Crippen LogP contribution in [0.5, 0.6) is 0 Å². The van der Waals surface area contributed by atoms with Crippen molar-refractivity contribution in [2.45, 2.75) is 44.7 Å². The molecule has 78 valence electrons. The number of nitrogens with one attached hydrogen (secondary N) is 1. The normalized spacial score (nSPS) is 27.5. The van der Waals surface area contributed by atoms with E-state index in [1.54, 1.807) is 0 Å². The van der Waals surface area contributed by atoms with Crippen LogP contribution in [-0.4, -0.2) is 30.7 Å². The monoisotopic (exact) mass is 205 g/mol. The highest BCUT2D eigenvalue weighted by atomic mass is 35.5. The zero-order valence-corrected chi connectivity index (χ0v) is 9.36. The number of halogens is 1. The molecule has 1 aliphatic rings. The Morgan fingerprint density at radius 2 is 2.38 bits per heavy atom. The fourth-order valence-electron chi connectivity index (χ4n) is 1.70. The molecule has 0 aromatic rings. The third-order valence-electron chi connectivity index (χ3n) is 2.91. The van der Waals surface area contributed by atoms with E-state index in [4.69, 9.17) is 16.3 Å². The fourth-order valence-corrected chi connectivity index (χ4v) is 2.12. The maximum atomic E-state index is 5.78. The van der Waals surface area contributed by atoms with E-state index in [0.29, 0.717) is 6.04 Å². The zero-order chi connectivity index (χ0) is 9.73. The molecule has 1 rings (SSSR count). The summed E-state index contributed by atoms with van der Waals surface area (Å²) in [6.07, 6.45) is 3.29. The van der Waals surface area contributed by atoms with Crippen molar-refractivity contribution in [1.29, 1.82) is 0 Å². The molecule has 0 saturated carbocycles. The molecule has 2 nitrogen and oxygen atoms in total. The average molecular weight is 206 g/mol. The van der Waals surface area contributed by atoms with Gasteiger partial charge in [0.25, 0.3) is 0 Å². The van der Waals surface area contributed by atoms with E-state index >= 15 is 0 Å². The van der Waals surface area contributed by atoms with Crippen molar-refractivity contribution in [2.24, 2.45) is 0 Å². The molecule has 13 heavy (non-hydrogen) atoms. The molecule has 1 aliphatic heterocycles. The van der Waals surface area contributed by atoms with Crippen LogP contribution in [0.15, 0.2) is 0 Å². The predicted molar refractivity (Wildman–Crippen MR) is 56.4 cm³/mol. The Morgan fingerprint density at radius 3 is 2.85 bits per heavy atom. The van der Waals surface area contributed by atoms with Gasteiger partial charge in [-0.15, -0.1) is 11.6 Å². The molecule has 0 aromatic heterocycles. The molecule has 0 amide bonds. The summed E-state index contributed by atoms with van der Waals surface area (Å²) in [7, 11) is 0. The van der Waals surface area contributed by atoms with Crippen molar-refractivity contribution >= 4 is 11.6 Å². The van der Waals surface area contributed by atoms with Gasteiger partial charge >= 0.3 is 0 Å². The molecule has 1 saturated heterocycles. The SMILES string of the molecule is CCC(C)(CCCl)NC1CCOC1. The molecular formula is C10H20ClNO. The molecule has 1 heterocycles. The van der Waals surface area contributed by atoms with Crippen molar-refractivity contribution in [3.05, 3.63) is 0 Å². The van der Waals surface area contributed by atoms with Gasteiger partial charge < -0.3 is 10.1 Å². The van der Waals surface area contributed by atoms with Gasteiger partial charge in [0.15, 0.2) is 0 Å². The van der Waals surface area contributed by atoms with Crippen molar-refractivity contribution < 1.29 is 4.74 Å². The largest absolute Gasteiger partial charge is 0.380 e. The van der Waals surface area contributed by atoms with E-state index in [2.05, 4.69) is 19.2 Å². The maximum Gasteiger partial charge on any atom is 0.0620 e. The molecule has 2 atom stereocenters. The van der Waals surface area contributed by atoms with Gasteiger partial charge in [0.1, 0.15) is 0 Å². The van der Waals surface area contributed by atoms with Crippen molar-refractivity contribution in [3.63, 3.8) is 0 Å². The fraction of sp³-hybridized carbons (Fsp3) is 1.00. The van der Waals surface area contributed by atoms with Crippen LogP contribution in [0.4, 0.5) is 0 Å². The third kappa shape index (κ3) is 3.45. The van der Waals surface area contributed by atoms with E-state index in [9.17, 15) is 0 Å². The third-order valence-corrected chi connectivity index (χ3v) is 3.10. The molecule has 0 radical (unpaired) electrons. The first-order valence-corrected chi connectivity index (χ1v) is 5.65. The Bertz CT molecular complexity index is 148. The first kappa shape index (κ1) is 11.3. The van der Waals surface area contributed by atoms with Crippen LogP contribution in [0.2, 0.25) is 0 Å². The first-order chi connectivity index (χ1) is 6.20. The number of hydrogen-bond donors (Lipinski definition) is 1. The molecule has 0 bridgehead atoms. The summed E-state index contributed by atoms with van der Waals surface area (Å²) >= 11 is 5.78. The Hall–Kier alpha value is 0.210. The summed E-state index contributed by atoms with van der Waals surface area (Å²) < 4.78 is 5.33. The van der Waals surface area contributed by atoms with E-state index in [1.807, 2.05) is 0 Å². The number of ether oxygens (including phenoxy) is 1. The standard InChI is InChI=1S/C10H20ClNO/c1-3-10(2,5-6-11)12-9-4-7-13-8-9/h9,12H,3-8H2,1-2H3. The van der Waals surface area contributed by atoms with Gasteiger partial charge in [-0.3, -0.25) is 0 Å². The van der Waals surface area contributed by atoms with Gasteiger partial charge in [0.2, 0.25) is 0 Å². The maximum absolute atomic E-state index is 5.78. The zero-order valence-electron chi connectivity index (χ0n) is 8.61. The van der Waals surface area contributed by atoms with Crippen LogP contribution in [0.1, 0.15) is 33.1 Å². The van der Waals surface area contributed by atoms with Gasteiger partial charge in [-0.2, -0.15) is 0 Å². The highest BCUT2D eigenvalue weighted by Gasteiger charge is 2.26. The quantitative estimate of drug-likeness (QED) is 0.695. The van der Waals surface area contributed by atoms with Crippen LogP contribution < -0.4 is 5.32 Å². The minimum atomic E-state index is 0.195. The van der Waals surface area contributed by atoms with E-state index in [-0.39, 0.29) is 5.54 Å². The molecule has 0 aliphatic carbocycles. The summed E-state index contributed by atoms with van der Waals surface area (Å²) in [6.45, 7) is 6.21. The lowest BCUT2D eigenvalue weighted by Gasteiger charge is -2.32. The minimum Gasteiger partial charge on any atom is -0.380 e. The van der Waals surface area contributed by atoms with Gasteiger partial charge in [0, 0.05) is 24.1 Å². The summed E-state index contributed by atoms with van der Waals surface area (Å²) in [4.78, 5) is 0. The number of alkyl halides is 1. The smallest absolute Gasteiger partial charge is 0.0620 e. The topological polar surface area (TPSA) is 21.3 Å². The lowest BCUT2D eigenvalue weighted by molar-refractivity contribution is 0.180. The second-order valence-electron chi connectivity index (χ2n) is 4.06. The highest BCUT2D eigenvalue weighted by molar-refractivity contribution is 6.17. The van der Waals surface area contributed by atoms with Gasteiger partial charge in [-0.1, -0.05) is 6.92 Å². The van der Waals surface area contributed by atoms with Crippen LogP contribution in [0.25, 0.3) is 0 Å². The Labute approximate surface area is 86.0 Å². The minimum absolute atomic E-state index is 0.195. The molecule has 0 aromatic carbocycles. The molecule has 1 fully saturated rings. The predicted octanol–water partition coefficient (Wildman–Crippen LogP) is 2.16. The second kappa shape index (κ2) is 5.18. The van der Waals surface area contributed by atoms with Crippen molar-refractivity contribution in [3.8, 4) is 0 Å². The van der Waals surface area contributed by atoms with Crippen LogP contribution in [0, 0.1) is 0 Å². The summed E-state index contributed by atoms with van der Waals surface area (Å²) in [5, 5.41) is 3.63. The number of rotatable bonds is 5.